The molecule has 3 amide bonds. The highest BCUT2D eigenvalue weighted by molar-refractivity contribution is 7.22. The number of benzene rings is 2. The van der Waals surface area contributed by atoms with E-state index in [0.717, 1.165) is 16.0 Å². The van der Waals surface area contributed by atoms with E-state index >= 15 is 0 Å². The first-order valence-electron chi connectivity index (χ1n) is 10.5. The van der Waals surface area contributed by atoms with Crippen molar-refractivity contribution < 1.29 is 19.1 Å². The van der Waals surface area contributed by atoms with Gasteiger partial charge in [-0.1, -0.05) is 41.7 Å². The zero-order valence-corrected chi connectivity index (χ0v) is 18.0. The summed E-state index contributed by atoms with van der Waals surface area (Å²) in [7, 11) is 0. The number of likely N-dealkylation sites (tertiary alicyclic amines) is 1. The third-order valence-electron chi connectivity index (χ3n) is 5.75. The molecule has 32 heavy (non-hydrogen) atoms. The molecular weight excluding hydrogens is 426 g/mol. The number of imide groups is 1. The molecule has 7 nitrogen and oxygen atoms in total. The van der Waals surface area contributed by atoms with Gasteiger partial charge < -0.3 is 10.1 Å². The predicted molar refractivity (Wildman–Crippen MR) is 121 cm³/mol. The Kier molecular flexibility index (Phi) is 5.45. The van der Waals surface area contributed by atoms with Crippen LogP contribution in [0.15, 0.2) is 60.7 Å². The van der Waals surface area contributed by atoms with Crippen molar-refractivity contribution >= 4 is 44.4 Å². The molecule has 162 valence electrons. The number of ether oxygens (including phenoxy) is 1. The first-order chi connectivity index (χ1) is 15.6. The molecule has 2 aromatic carbocycles. The van der Waals surface area contributed by atoms with Crippen LogP contribution in [-0.4, -0.2) is 34.2 Å². The number of hydrogen-bond acceptors (Lipinski definition) is 6. The molecule has 1 fully saturated rings. The van der Waals surface area contributed by atoms with Crippen LogP contribution < -0.4 is 10.1 Å². The highest BCUT2D eigenvalue weighted by atomic mass is 32.1. The van der Waals surface area contributed by atoms with Gasteiger partial charge in [0, 0.05) is 19.0 Å². The van der Waals surface area contributed by atoms with Crippen LogP contribution in [-0.2, 0) is 14.4 Å². The summed E-state index contributed by atoms with van der Waals surface area (Å²) < 4.78 is 6.73. The first kappa shape index (κ1) is 20.4. The maximum atomic E-state index is 12.5. The molecule has 2 heterocycles. The van der Waals surface area contributed by atoms with Gasteiger partial charge in [-0.3, -0.25) is 19.3 Å². The van der Waals surface area contributed by atoms with Gasteiger partial charge in [-0.2, -0.15) is 0 Å². The Balaban J connectivity index is 1.20. The Morgan fingerprint density at radius 2 is 1.75 bits per heavy atom. The van der Waals surface area contributed by atoms with Gasteiger partial charge in [0.1, 0.15) is 11.5 Å². The number of thiazole rings is 1. The van der Waals surface area contributed by atoms with Crippen molar-refractivity contribution in [1.29, 1.82) is 0 Å². The Morgan fingerprint density at radius 1 is 1.03 bits per heavy atom. The summed E-state index contributed by atoms with van der Waals surface area (Å²) in [6.45, 7) is 0.0937. The monoisotopic (exact) mass is 447 g/mol. The third kappa shape index (κ3) is 4.01. The van der Waals surface area contributed by atoms with Gasteiger partial charge in [-0.25, -0.2) is 4.98 Å². The number of anilines is 1. The van der Waals surface area contributed by atoms with Crippen LogP contribution in [0.3, 0.4) is 0 Å². The van der Waals surface area contributed by atoms with Crippen molar-refractivity contribution in [2.45, 2.75) is 19.3 Å². The summed E-state index contributed by atoms with van der Waals surface area (Å²) in [6.07, 6.45) is 5.14. The molecule has 5 rings (SSSR count). The summed E-state index contributed by atoms with van der Waals surface area (Å²) >= 11 is 1.35. The van der Waals surface area contributed by atoms with E-state index in [0.29, 0.717) is 23.7 Å². The van der Waals surface area contributed by atoms with E-state index in [4.69, 9.17) is 4.74 Å². The van der Waals surface area contributed by atoms with Crippen LogP contribution in [0.1, 0.15) is 19.3 Å². The van der Waals surface area contributed by atoms with Gasteiger partial charge >= 0.3 is 0 Å². The molecule has 2 atom stereocenters. The fourth-order valence-corrected chi connectivity index (χ4v) is 5.04. The largest absolute Gasteiger partial charge is 0.457 e. The number of carbonyl (C=O) groups is 3. The van der Waals surface area contributed by atoms with Crippen molar-refractivity contribution in [3.05, 3.63) is 60.7 Å². The van der Waals surface area contributed by atoms with Crippen molar-refractivity contribution in [2.75, 3.05) is 11.9 Å². The number of amides is 3. The van der Waals surface area contributed by atoms with Gasteiger partial charge in [-0.15, -0.1) is 0 Å². The first-order valence-corrected chi connectivity index (χ1v) is 11.3. The van der Waals surface area contributed by atoms with E-state index in [1.54, 1.807) is 0 Å². The average molecular weight is 448 g/mol. The van der Waals surface area contributed by atoms with Crippen LogP contribution in [0, 0.1) is 11.8 Å². The summed E-state index contributed by atoms with van der Waals surface area (Å²) in [5, 5.41) is 3.25. The maximum absolute atomic E-state index is 12.5. The Hall–Kier alpha value is -3.52. The number of rotatable bonds is 6. The van der Waals surface area contributed by atoms with Crippen LogP contribution in [0.2, 0.25) is 0 Å². The van der Waals surface area contributed by atoms with Crippen molar-refractivity contribution in [3.63, 3.8) is 0 Å². The van der Waals surface area contributed by atoms with Crippen LogP contribution in [0.25, 0.3) is 10.2 Å². The molecule has 0 spiro atoms. The zero-order chi connectivity index (χ0) is 22.1. The molecule has 1 aromatic heterocycles. The Labute approximate surface area is 188 Å². The fourth-order valence-electron chi connectivity index (χ4n) is 4.13. The number of nitrogens with zero attached hydrogens (tertiary/aromatic N) is 2. The topological polar surface area (TPSA) is 88.6 Å². The molecule has 0 saturated carbocycles. The predicted octanol–water partition coefficient (Wildman–Crippen LogP) is 4.37. The van der Waals surface area contributed by atoms with E-state index in [1.807, 2.05) is 60.7 Å². The van der Waals surface area contributed by atoms with Crippen molar-refractivity contribution in [1.82, 2.24) is 9.88 Å². The lowest BCUT2D eigenvalue weighted by atomic mass is 9.85. The van der Waals surface area contributed by atoms with Gasteiger partial charge in [0.05, 0.1) is 22.1 Å². The minimum atomic E-state index is -0.279. The van der Waals surface area contributed by atoms with Gasteiger partial charge in [-0.05, 0) is 37.1 Å². The van der Waals surface area contributed by atoms with Crippen LogP contribution >= 0.6 is 11.3 Å². The molecular formula is C24H21N3O4S. The number of para-hydroxylation sites is 1. The van der Waals surface area contributed by atoms with E-state index in [1.165, 1.54) is 16.2 Å². The molecule has 1 aliphatic carbocycles. The molecule has 1 N–H and O–H groups in total. The minimum Gasteiger partial charge on any atom is -0.457 e. The second-order valence-electron chi connectivity index (χ2n) is 7.85. The average Bonchev–Trinajstić information content (AvgIpc) is 3.31. The number of fused-ring (bicyclic) bond motifs is 2. The summed E-state index contributed by atoms with van der Waals surface area (Å²) in [4.78, 5) is 43.2. The third-order valence-corrected chi connectivity index (χ3v) is 6.68. The van der Waals surface area contributed by atoms with Crippen LogP contribution in [0.4, 0.5) is 5.13 Å². The standard InChI is InChI=1S/C24H21N3O4S/c28-21(12-13-27-22(29)17-8-4-5-9-18(17)23(27)30)26-24-25-19-11-10-16(14-20(19)32-24)31-15-6-2-1-3-7-15/h1-7,10-11,14,17-18H,8-9,12-13H2,(H,25,26,28)/t17-,18+. The maximum Gasteiger partial charge on any atom is 0.233 e. The van der Waals surface area contributed by atoms with E-state index in [9.17, 15) is 14.4 Å². The molecule has 1 aliphatic heterocycles. The molecule has 0 bridgehead atoms. The highest BCUT2D eigenvalue weighted by Crippen LogP contribution is 2.35. The van der Waals surface area contributed by atoms with Crippen molar-refractivity contribution in [3.8, 4) is 11.5 Å². The lowest BCUT2D eigenvalue weighted by Gasteiger charge is -2.14. The van der Waals surface area contributed by atoms with Gasteiger partial charge in [0.25, 0.3) is 0 Å². The van der Waals surface area contributed by atoms with Crippen molar-refractivity contribution in [2.24, 2.45) is 11.8 Å². The normalized spacial score (nSPS) is 19.9. The highest BCUT2D eigenvalue weighted by Gasteiger charge is 2.46. The zero-order valence-electron chi connectivity index (χ0n) is 17.2. The lowest BCUT2D eigenvalue weighted by Crippen LogP contribution is -2.34. The molecule has 8 heteroatoms. The molecule has 3 aromatic rings. The Bertz CT molecular complexity index is 1190. The number of nitrogens with one attached hydrogen (secondary N) is 1. The SMILES string of the molecule is O=C(CCN1C(=O)[C@H]2CC=CC[C@H]2C1=O)Nc1nc2ccc(Oc3ccccc3)cc2s1. The second kappa shape index (κ2) is 8.55. The summed E-state index contributed by atoms with van der Waals surface area (Å²) in [5.74, 6) is 0.280. The number of carbonyl (C=O) groups excluding carboxylic acids is 3. The summed E-state index contributed by atoms with van der Waals surface area (Å²) in [5.41, 5.74) is 0.757. The second-order valence-corrected chi connectivity index (χ2v) is 8.88. The van der Waals surface area contributed by atoms with Gasteiger partial charge in [0.15, 0.2) is 5.13 Å². The number of allylic oxidation sites excluding steroid dienone is 2. The smallest absolute Gasteiger partial charge is 0.233 e. The molecule has 0 radical (unpaired) electrons. The Morgan fingerprint density at radius 3 is 2.47 bits per heavy atom. The van der Waals surface area contributed by atoms with E-state index < -0.39 is 0 Å². The molecule has 1 saturated heterocycles. The summed E-state index contributed by atoms with van der Waals surface area (Å²) in [6, 6.07) is 15.1. The number of aromatic nitrogens is 1. The van der Waals surface area contributed by atoms with E-state index in [2.05, 4.69) is 10.3 Å². The minimum absolute atomic E-state index is 0.0443. The van der Waals surface area contributed by atoms with Crippen LogP contribution in [0.5, 0.6) is 11.5 Å². The lowest BCUT2D eigenvalue weighted by molar-refractivity contribution is -0.140. The van der Waals surface area contributed by atoms with Gasteiger partial charge in [0.2, 0.25) is 17.7 Å². The van der Waals surface area contributed by atoms with E-state index in [-0.39, 0.29) is 42.5 Å². The number of hydrogen-bond donors (Lipinski definition) is 1. The molecule has 2 aliphatic rings. The molecule has 0 unspecified atom stereocenters. The quantitative estimate of drug-likeness (QED) is 0.448. The fraction of sp³-hybridized carbons (Fsp3) is 0.250.